The summed E-state index contributed by atoms with van der Waals surface area (Å²) in [6, 6.07) is 12.4. The van der Waals surface area contributed by atoms with Crippen LogP contribution in [0.5, 0.6) is 0 Å². The van der Waals surface area contributed by atoms with E-state index in [4.69, 9.17) is 9.84 Å². The van der Waals surface area contributed by atoms with Crippen molar-refractivity contribution in [3.63, 3.8) is 0 Å². The van der Waals surface area contributed by atoms with Crippen LogP contribution in [0.2, 0.25) is 0 Å². The Balaban J connectivity index is 1.28. The molecule has 4 aliphatic rings. The lowest BCUT2D eigenvalue weighted by Crippen LogP contribution is -2.65. The zero-order valence-electron chi connectivity index (χ0n) is 25.5. The van der Waals surface area contributed by atoms with E-state index >= 15 is 8.78 Å². The highest BCUT2D eigenvalue weighted by Gasteiger charge is 2.79. The molecule has 0 spiro atoms. The molecule has 4 aliphatic carbocycles. The van der Waals surface area contributed by atoms with Crippen LogP contribution in [0.3, 0.4) is 0 Å². The van der Waals surface area contributed by atoms with Crippen molar-refractivity contribution in [1.29, 1.82) is 0 Å². The summed E-state index contributed by atoms with van der Waals surface area (Å²) in [5.41, 5.74) is -0.552. The summed E-state index contributed by atoms with van der Waals surface area (Å²) >= 11 is 0. The number of alkyl halides is 5. The van der Waals surface area contributed by atoms with E-state index in [1.165, 1.54) is 31.2 Å². The highest BCUT2D eigenvalue weighted by Crippen LogP contribution is 2.70. The van der Waals surface area contributed by atoms with Gasteiger partial charge in [0.15, 0.2) is 5.78 Å². The number of halogens is 5. The number of hydrogen-bond acceptors (Lipinski definition) is 5. The molecule has 12 heteroatoms. The van der Waals surface area contributed by atoms with E-state index in [9.17, 15) is 32.7 Å². The van der Waals surface area contributed by atoms with Gasteiger partial charge in [0.2, 0.25) is 0 Å². The van der Waals surface area contributed by atoms with Crippen LogP contribution in [0.25, 0.3) is 0 Å². The number of hydrogen-bond donors (Lipinski definition) is 3. The topological polar surface area (TPSA) is 113 Å². The third kappa shape index (κ3) is 5.44. The molecular formula is C35H34F5NO6. The second-order valence-electron chi connectivity index (χ2n) is 13.3. The Morgan fingerprint density at radius 3 is 2.30 bits per heavy atom. The van der Waals surface area contributed by atoms with Crippen molar-refractivity contribution < 1.29 is 51.3 Å². The van der Waals surface area contributed by atoms with Crippen molar-refractivity contribution in [3.05, 3.63) is 88.0 Å². The highest BCUT2D eigenvalue weighted by molar-refractivity contribution is 5.93. The number of carboxylic acids is 1. The minimum absolute atomic E-state index is 0.00530. The molecule has 1 amide bonds. The zero-order chi connectivity index (χ0) is 33.9. The Kier molecular flexibility index (Phi) is 8.09. The van der Waals surface area contributed by atoms with Gasteiger partial charge in [-0.1, -0.05) is 36.8 Å². The summed E-state index contributed by atoms with van der Waals surface area (Å²) in [6.45, 7) is 1.25. The fourth-order valence-corrected chi connectivity index (χ4v) is 8.56. The zero-order valence-corrected chi connectivity index (χ0v) is 25.5. The molecule has 47 heavy (non-hydrogen) atoms. The molecule has 0 aliphatic heterocycles. The first-order valence-corrected chi connectivity index (χ1v) is 15.6. The Bertz CT molecular complexity index is 1660. The molecule has 2 fully saturated rings. The number of benzene rings is 2. The first kappa shape index (κ1) is 32.9. The summed E-state index contributed by atoms with van der Waals surface area (Å²) < 4.78 is 77.0. The minimum Gasteiger partial charge on any atom is -0.478 e. The molecule has 3 N–H and O–H groups in total. The van der Waals surface area contributed by atoms with E-state index in [1.54, 1.807) is 30.3 Å². The van der Waals surface area contributed by atoms with E-state index in [0.29, 0.717) is 42.5 Å². The van der Waals surface area contributed by atoms with Gasteiger partial charge < -0.3 is 14.9 Å². The molecule has 7 nitrogen and oxygen atoms in total. The molecule has 0 heterocycles. The molecule has 0 bridgehead atoms. The van der Waals surface area contributed by atoms with Crippen LogP contribution in [0.15, 0.2) is 71.3 Å². The number of carboxylic acid groups (broad SMARTS) is 1. The number of aliphatic hydroxyl groups is 1. The number of carbonyl (C=O) groups excluding carboxylic acids is 2. The van der Waals surface area contributed by atoms with Crippen LogP contribution >= 0.6 is 0 Å². The van der Waals surface area contributed by atoms with Crippen LogP contribution in [0.4, 0.5) is 32.4 Å². The van der Waals surface area contributed by atoms with E-state index < -0.39 is 53.4 Å². The van der Waals surface area contributed by atoms with Crippen LogP contribution in [0, 0.1) is 17.3 Å². The van der Waals surface area contributed by atoms with E-state index in [2.05, 4.69) is 5.32 Å². The van der Waals surface area contributed by atoms with E-state index in [1.807, 2.05) is 0 Å². The molecule has 0 radical (unpaired) electrons. The largest absolute Gasteiger partial charge is 0.478 e. The molecule has 250 valence electrons. The number of nitrogens with one attached hydrogen (secondary N) is 1. The first-order chi connectivity index (χ1) is 22.1. The number of aromatic carboxylic acids is 1. The number of anilines is 1. The van der Waals surface area contributed by atoms with Gasteiger partial charge in [-0.05, 0) is 103 Å². The van der Waals surface area contributed by atoms with Gasteiger partial charge in [0, 0.05) is 23.4 Å². The molecule has 2 aromatic carbocycles. The van der Waals surface area contributed by atoms with Crippen LogP contribution < -0.4 is 5.32 Å². The van der Waals surface area contributed by atoms with Gasteiger partial charge in [0.25, 0.3) is 0 Å². The Morgan fingerprint density at radius 2 is 1.66 bits per heavy atom. The van der Waals surface area contributed by atoms with Crippen LogP contribution in [-0.4, -0.2) is 45.8 Å². The average Bonchev–Trinajstić information content (AvgIpc) is 3.30. The van der Waals surface area contributed by atoms with E-state index in [0.717, 1.165) is 16.7 Å². The lowest BCUT2D eigenvalue weighted by atomic mass is 9.50. The molecule has 6 rings (SSSR count). The Morgan fingerprint density at radius 1 is 0.979 bits per heavy atom. The summed E-state index contributed by atoms with van der Waals surface area (Å²) in [6.07, 6.45) is -4.07. The van der Waals surface area contributed by atoms with Crippen LogP contribution in [-0.2, 0) is 16.1 Å². The maximum atomic E-state index is 15.2. The summed E-state index contributed by atoms with van der Waals surface area (Å²) in [5, 5.41) is 22.9. The third-order valence-electron chi connectivity index (χ3n) is 10.9. The van der Waals surface area contributed by atoms with Gasteiger partial charge in [-0.3, -0.25) is 10.1 Å². The van der Waals surface area contributed by atoms with Gasteiger partial charge in [-0.25, -0.2) is 9.59 Å². The summed E-state index contributed by atoms with van der Waals surface area (Å²) in [5.74, 6) is -7.90. The highest BCUT2D eigenvalue weighted by atomic mass is 19.4. The first-order valence-electron chi connectivity index (χ1n) is 15.6. The number of carbonyl (C=O) groups is 3. The maximum Gasteiger partial charge on any atom is 0.456 e. The Labute approximate surface area is 267 Å². The lowest BCUT2D eigenvalue weighted by molar-refractivity contribution is -0.362. The number of ketones is 1. The normalized spacial score (nSPS) is 29.0. The number of ether oxygens (including phenoxy) is 1. The lowest BCUT2D eigenvalue weighted by Gasteiger charge is -2.56. The fourth-order valence-electron chi connectivity index (χ4n) is 8.56. The van der Waals surface area contributed by atoms with Crippen molar-refractivity contribution >= 4 is 23.5 Å². The van der Waals surface area contributed by atoms with Crippen LogP contribution in [0.1, 0.15) is 79.3 Å². The average molecular weight is 660 g/mol. The molecule has 5 atom stereocenters. The fraction of sp³-hybridized carbons (Fsp3) is 0.457. The second-order valence-corrected chi connectivity index (χ2v) is 13.3. The molecule has 2 aromatic rings. The van der Waals surface area contributed by atoms with Gasteiger partial charge in [-0.2, -0.15) is 22.0 Å². The number of rotatable bonds is 6. The van der Waals surface area contributed by atoms with Crippen molar-refractivity contribution in [2.75, 3.05) is 5.32 Å². The minimum atomic E-state index is -5.92. The van der Waals surface area contributed by atoms with Crippen molar-refractivity contribution in [2.45, 2.75) is 82.1 Å². The summed E-state index contributed by atoms with van der Waals surface area (Å²) in [4.78, 5) is 35.6. The second kappa shape index (κ2) is 11.6. The predicted octanol–water partition coefficient (Wildman–Crippen LogP) is 7.96. The summed E-state index contributed by atoms with van der Waals surface area (Å²) in [7, 11) is 0. The molecule has 0 unspecified atom stereocenters. The molecule has 0 aromatic heterocycles. The predicted molar refractivity (Wildman–Crippen MR) is 160 cm³/mol. The maximum absolute atomic E-state index is 15.2. The molecule has 0 saturated heterocycles. The van der Waals surface area contributed by atoms with E-state index in [-0.39, 0.29) is 36.7 Å². The molecular weight excluding hydrogens is 625 g/mol. The van der Waals surface area contributed by atoms with Gasteiger partial charge in [-0.15, -0.1) is 0 Å². The molecule has 2 saturated carbocycles. The third-order valence-corrected chi connectivity index (χ3v) is 10.9. The number of allylic oxidation sites excluding steroid dienone is 4. The van der Waals surface area contributed by atoms with Gasteiger partial charge >= 0.3 is 24.2 Å². The van der Waals surface area contributed by atoms with Crippen molar-refractivity contribution in [1.82, 2.24) is 0 Å². The van der Waals surface area contributed by atoms with Crippen molar-refractivity contribution in [2.24, 2.45) is 17.3 Å². The number of amides is 1. The standard InChI is InChI=1S/C35H34F5NO6/c1-32-17-27(20-4-2-19(3-5-20)18-47-31(45)41-23-9-6-21(7-10-23)30(43)44)29-25-13-11-24(42)16-22(25)8-12-26(29)28(32)14-15-33(32,46)34(36,37)35(38,39)40/h2-7,9-10,16,26-28,46H,8,11-15,17-18H2,1H3,(H,41,45)(H,43,44)/t26-,27+,28-,32-,33-/m0/s1. The van der Waals surface area contributed by atoms with Crippen molar-refractivity contribution in [3.8, 4) is 0 Å². The Hall–Kier alpha value is -4.06. The number of fused-ring (bicyclic) bond motifs is 4. The smallest absolute Gasteiger partial charge is 0.456 e. The SMILES string of the molecule is C[C@]12C[C@H](c3ccc(COC(=O)Nc4ccc(C(=O)O)cc4)cc3)C3=C4CCC(=O)C=C4CC[C@H]3[C@@H]1CC[C@@]2(O)C(F)(F)C(F)(F)F. The quantitative estimate of drug-likeness (QED) is 0.271. The van der Waals surface area contributed by atoms with Gasteiger partial charge in [0.05, 0.1) is 5.56 Å². The monoisotopic (exact) mass is 659 g/mol. The van der Waals surface area contributed by atoms with Gasteiger partial charge in [0.1, 0.15) is 12.2 Å².